The first-order chi connectivity index (χ1) is 5.35. The summed E-state index contributed by atoms with van der Waals surface area (Å²) in [6.07, 6.45) is 6.43. The van der Waals surface area contributed by atoms with Gasteiger partial charge in [0.25, 0.3) is 0 Å². The average molecular weight is 155 g/mol. The Kier molecular flexibility index (Phi) is 13.2. The number of methoxy groups -OCH3 is 1. The maximum Gasteiger partial charge on any atom is 0.120 e. The first-order valence-corrected chi connectivity index (χ1v) is 3.60. The Morgan fingerprint density at radius 2 is 2.00 bits per heavy atom. The van der Waals surface area contributed by atoms with Gasteiger partial charge >= 0.3 is 0 Å². The molecule has 0 atom stereocenters. The van der Waals surface area contributed by atoms with Crippen LogP contribution in [0.25, 0.3) is 0 Å². The Morgan fingerprint density at radius 1 is 1.45 bits per heavy atom. The number of nitrogens with two attached hydrogens (primary N) is 1. The molecule has 0 fully saturated rings. The number of allylic oxidation sites excluding steroid dienone is 3. The van der Waals surface area contributed by atoms with Gasteiger partial charge in [0, 0.05) is 0 Å². The molecule has 0 aliphatic rings. The second kappa shape index (κ2) is 11.6. The molecule has 0 unspecified atom stereocenters. The van der Waals surface area contributed by atoms with E-state index in [2.05, 4.69) is 6.58 Å². The molecule has 0 aromatic heterocycles. The monoisotopic (exact) mass is 155 g/mol. The molecule has 2 heteroatoms. The summed E-state index contributed by atoms with van der Waals surface area (Å²) in [5, 5.41) is 0. The van der Waals surface area contributed by atoms with E-state index in [0.29, 0.717) is 5.76 Å². The van der Waals surface area contributed by atoms with Crippen LogP contribution < -0.4 is 5.73 Å². The van der Waals surface area contributed by atoms with Crippen molar-refractivity contribution in [2.45, 2.75) is 13.8 Å². The summed E-state index contributed by atoms with van der Waals surface area (Å²) in [7, 11) is 1.58. The van der Waals surface area contributed by atoms with Crippen molar-refractivity contribution in [1.29, 1.82) is 0 Å². The summed E-state index contributed by atoms with van der Waals surface area (Å²) in [5.74, 6) is 0.701. The maximum atomic E-state index is 5.10. The highest BCUT2D eigenvalue weighted by molar-refractivity contribution is 5.15. The minimum absolute atomic E-state index is 0.701. The van der Waals surface area contributed by atoms with Crippen LogP contribution in [0.3, 0.4) is 0 Å². The Balaban J connectivity index is 0. The fourth-order valence-corrected chi connectivity index (χ4v) is 0.403. The third-order valence-electron chi connectivity index (χ3n) is 0.778. The average Bonchev–Trinajstić information content (AvgIpc) is 2.08. The first kappa shape index (κ1) is 12.5. The van der Waals surface area contributed by atoms with Gasteiger partial charge in [-0.15, -0.1) is 0 Å². The molecule has 0 aromatic carbocycles. The van der Waals surface area contributed by atoms with Crippen LogP contribution in [0.15, 0.2) is 36.8 Å². The molecule has 0 heterocycles. The lowest BCUT2D eigenvalue weighted by Crippen LogP contribution is -1.83. The minimum atomic E-state index is 0.701. The van der Waals surface area contributed by atoms with Gasteiger partial charge < -0.3 is 10.5 Å². The van der Waals surface area contributed by atoms with Gasteiger partial charge in [0.15, 0.2) is 0 Å². The number of ether oxygens (including phenoxy) is 1. The van der Waals surface area contributed by atoms with Gasteiger partial charge in [0.2, 0.25) is 0 Å². The highest BCUT2D eigenvalue weighted by Crippen LogP contribution is 1.95. The molecule has 0 saturated carbocycles. The second-order valence-electron chi connectivity index (χ2n) is 1.37. The van der Waals surface area contributed by atoms with E-state index in [1.807, 2.05) is 13.8 Å². The van der Waals surface area contributed by atoms with Crippen molar-refractivity contribution in [2.75, 3.05) is 7.11 Å². The van der Waals surface area contributed by atoms with Crippen LogP contribution in [-0.4, -0.2) is 7.11 Å². The number of hydrogen-bond donors (Lipinski definition) is 1. The quantitative estimate of drug-likeness (QED) is 0.501. The van der Waals surface area contributed by atoms with E-state index < -0.39 is 0 Å². The largest absolute Gasteiger partial charge is 0.497 e. The molecule has 64 valence electrons. The molecule has 0 radical (unpaired) electrons. The van der Waals surface area contributed by atoms with Gasteiger partial charge in [0.1, 0.15) is 5.76 Å². The lowest BCUT2D eigenvalue weighted by Gasteiger charge is -1.95. The van der Waals surface area contributed by atoms with Gasteiger partial charge in [-0.3, -0.25) is 0 Å². The predicted molar refractivity (Wildman–Crippen MR) is 50.0 cm³/mol. The normalized spacial score (nSPS) is 10.3. The Bertz CT molecular complexity index is 136. The van der Waals surface area contributed by atoms with Crippen LogP contribution >= 0.6 is 0 Å². The van der Waals surface area contributed by atoms with Crippen molar-refractivity contribution < 1.29 is 4.74 Å². The molecular formula is C9H17NO. The predicted octanol–water partition coefficient (Wildman–Crippen LogP) is 2.20. The zero-order valence-corrected chi connectivity index (χ0v) is 7.50. The molecule has 0 rings (SSSR count). The molecule has 0 aromatic rings. The van der Waals surface area contributed by atoms with Crippen molar-refractivity contribution in [3.05, 3.63) is 36.8 Å². The van der Waals surface area contributed by atoms with E-state index in [4.69, 9.17) is 10.5 Å². The molecule has 0 saturated heterocycles. The van der Waals surface area contributed by atoms with Crippen LogP contribution in [0, 0.1) is 0 Å². The van der Waals surface area contributed by atoms with Crippen molar-refractivity contribution in [2.24, 2.45) is 5.73 Å². The van der Waals surface area contributed by atoms with Gasteiger partial charge in [-0.2, -0.15) is 0 Å². The smallest absolute Gasteiger partial charge is 0.120 e. The lowest BCUT2D eigenvalue weighted by atomic mass is 10.4. The molecule has 0 aliphatic heterocycles. The van der Waals surface area contributed by atoms with Crippen LogP contribution in [0.2, 0.25) is 0 Å². The molecule has 0 amide bonds. The van der Waals surface area contributed by atoms with Gasteiger partial charge in [-0.25, -0.2) is 0 Å². The van der Waals surface area contributed by atoms with Gasteiger partial charge in [0.05, 0.1) is 7.11 Å². The van der Waals surface area contributed by atoms with E-state index in [0.717, 1.165) is 0 Å². The zero-order valence-electron chi connectivity index (χ0n) is 7.50. The third kappa shape index (κ3) is 8.82. The highest BCUT2D eigenvalue weighted by Gasteiger charge is 1.81. The van der Waals surface area contributed by atoms with Crippen LogP contribution in [0.5, 0.6) is 0 Å². The van der Waals surface area contributed by atoms with E-state index in [-0.39, 0.29) is 0 Å². The Morgan fingerprint density at radius 3 is 2.27 bits per heavy atom. The molecule has 0 bridgehead atoms. The summed E-state index contributed by atoms with van der Waals surface area (Å²) in [6.45, 7) is 7.50. The summed E-state index contributed by atoms with van der Waals surface area (Å²) >= 11 is 0. The molecule has 0 spiro atoms. The molecule has 0 aliphatic carbocycles. The summed E-state index contributed by atoms with van der Waals surface area (Å²) in [5.41, 5.74) is 5.10. The van der Waals surface area contributed by atoms with Crippen molar-refractivity contribution in [1.82, 2.24) is 0 Å². The Labute approximate surface area is 69.0 Å². The zero-order chi connectivity index (χ0) is 9.11. The summed E-state index contributed by atoms with van der Waals surface area (Å²) in [4.78, 5) is 0. The first-order valence-electron chi connectivity index (χ1n) is 3.60. The topological polar surface area (TPSA) is 35.2 Å². The molecule has 2 nitrogen and oxygen atoms in total. The lowest BCUT2D eigenvalue weighted by molar-refractivity contribution is 0.307. The fraction of sp³-hybridized carbons (Fsp3) is 0.333. The van der Waals surface area contributed by atoms with E-state index in [9.17, 15) is 0 Å². The summed E-state index contributed by atoms with van der Waals surface area (Å²) < 4.78 is 4.85. The summed E-state index contributed by atoms with van der Waals surface area (Å²) in [6, 6.07) is 0. The molecule has 2 N–H and O–H groups in total. The SMILES string of the molecule is C=C/C=C(\C=C/N)OC.CC. The maximum absolute atomic E-state index is 5.10. The van der Waals surface area contributed by atoms with Crippen LogP contribution in [0.4, 0.5) is 0 Å². The van der Waals surface area contributed by atoms with Crippen molar-refractivity contribution >= 4 is 0 Å². The Hall–Kier alpha value is -1.18. The van der Waals surface area contributed by atoms with Gasteiger partial charge in [-0.05, 0) is 18.4 Å². The van der Waals surface area contributed by atoms with Crippen molar-refractivity contribution in [3.8, 4) is 0 Å². The van der Waals surface area contributed by atoms with Crippen LogP contribution in [0.1, 0.15) is 13.8 Å². The van der Waals surface area contributed by atoms with Crippen molar-refractivity contribution in [3.63, 3.8) is 0 Å². The van der Waals surface area contributed by atoms with E-state index in [1.54, 1.807) is 25.3 Å². The fourth-order valence-electron chi connectivity index (χ4n) is 0.403. The molecular weight excluding hydrogens is 138 g/mol. The van der Waals surface area contributed by atoms with E-state index in [1.165, 1.54) is 6.20 Å². The van der Waals surface area contributed by atoms with Crippen LogP contribution in [-0.2, 0) is 4.74 Å². The highest BCUT2D eigenvalue weighted by atomic mass is 16.5. The third-order valence-corrected chi connectivity index (χ3v) is 0.778. The number of hydrogen-bond acceptors (Lipinski definition) is 2. The standard InChI is InChI=1S/C7H11NO.C2H6/c1-3-4-7(9-2)5-6-8;1-2/h3-6H,1,8H2,2H3;1-2H3/b6-5-,7-4+;. The van der Waals surface area contributed by atoms with E-state index >= 15 is 0 Å². The molecule has 11 heavy (non-hydrogen) atoms. The minimum Gasteiger partial charge on any atom is -0.497 e. The van der Waals surface area contributed by atoms with Gasteiger partial charge in [-0.1, -0.05) is 26.5 Å². The number of rotatable bonds is 3. The second-order valence-corrected chi connectivity index (χ2v) is 1.37.